The van der Waals surface area contributed by atoms with E-state index in [9.17, 15) is 4.79 Å². The fourth-order valence-electron chi connectivity index (χ4n) is 2.19. The van der Waals surface area contributed by atoms with Gasteiger partial charge in [-0.25, -0.2) is 0 Å². The van der Waals surface area contributed by atoms with Gasteiger partial charge in [-0.1, -0.05) is 5.57 Å². The average molecular weight is 233 g/mol. The molecule has 17 heavy (non-hydrogen) atoms. The van der Waals surface area contributed by atoms with Gasteiger partial charge in [0.2, 0.25) is 0 Å². The van der Waals surface area contributed by atoms with Crippen molar-refractivity contribution >= 4 is 11.5 Å². The molecule has 3 N–H and O–H groups in total. The van der Waals surface area contributed by atoms with E-state index >= 15 is 0 Å². The average Bonchev–Trinajstić information content (AvgIpc) is 2.75. The van der Waals surface area contributed by atoms with E-state index < -0.39 is 5.54 Å². The Bertz CT molecular complexity index is 540. The van der Waals surface area contributed by atoms with Gasteiger partial charge in [-0.3, -0.25) is 9.89 Å². The maximum Gasteiger partial charge on any atom is 0.270 e. The lowest BCUT2D eigenvalue weighted by Crippen LogP contribution is -2.46. The maximum absolute atomic E-state index is 12.0. The molecule has 0 bridgehead atoms. The Hall–Kier alpha value is -1.62. The van der Waals surface area contributed by atoms with Crippen LogP contribution < -0.4 is 5.32 Å². The summed E-state index contributed by atoms with van der Waals surface area (Å²) in [5.74, 6) is -0.194. The number of hydrogen-bond acceptors (Lipinski definition) is 3. The summed E-state index contributed by atoms with van der Waals surface area (Å²) in [4.78, 5) is 12.0. The van der Waals surface area contributed by atoms with Crippen LogP contribution in [0.1, 0.15) is 42.0 Å². The first kappa shape index (κ1) is 10.5. The zero-order valence-corrected chi connectivity index (χ0v) is 9.92. The lowest BCUT2D eigenvalue weighted by Gasteiger charge is -2.23. The van der Waals surface area contributed by atoms with Crippen LogP contribution in [-0.2, 0) is 6.42 Å². The molecule has 0 saturated carbocycles. The third-order valence-electron chi connectivity index (χ3n) is 3.31. The molecule has 1 heterocycles. The third-order valence-corrected chi connectivity index (χ3v) is 3.31. The predicted octanol–water partition coefficient (Wildman–Crippen LogP) is 0.624. The molecule has 0 saturated heterocycles. The minimum Gasteiger partial charge on any atom is -0.394 e. The number of aromatic amines is 1. The summed E-state index contributed by atoms with van der Waals surface area (Å²) in [6.07, 6.45) is 1.91. The zero-order chi connectivity index (χ0) is 12.2. The standard InChI is InChI=1S/C12H15N3O2/c1-12(2,5-16)13-11(17)10-8-4-6-3-7(6)9(8)14-15-10/h16H,3-5H2,1-2H3,(H,13,17)(H,14,15). The topological polar surface area (TPSA) is 78.0 Å². The van der Waals surface area contributed by atoms with Crippen molar-refractivity contribution in [3.05, 3.63) is 22.5 Å². The molecule has 0 atom stereocenters. The second-order valence-electron chi connectivity index (χ2n) is 5.36. The van der Waals surface area contributed by atoms with Crippen LogP contribution in [0, 0.1) is 0 Å². The van der Waals surface area contributed by atoms with Crippen molar-refractivity contribution in [3.8, 4) is 0 Å². The molecule has 0 unspecified atom stereocenters. The molecular formula is C12H15N3O2. The number of H-pyrrole nitrogens is 1. The largest absolute Gasteiger partial charge is 0.394 e. The first-order chi connectivity index (χ1) is 8.02. The molecule has 5 heteroatoms. The quantitative estimate of drug-likeness (QED) is 0.716. The lowest BCUT2D eigenvalue weighted by atomic mass is 10.0. The van der Waals surface area contributed by atoms with Crippen molar-refractivity contribution in [2.45, 2.75) is 32.2 Å². The monoisotopic (exact) mass is 233 g/mol. The van der Waals surface area contributed by atoms with Crippen LogP contribution in [0.4, 0.5) is 0 Å². The maximum atomic E-state index is 12.0. The predicted molar refractivity (Wildman–Crippen MR) is 62.5 cm³/mol. The number of aromatic nitrogens is 2. The number of amides is 1. The van der Waals surface area contributed by atoms with Gasteiger partial charge in [0, 0.05) is 5.56 Å². The van der Waals surface area contributed by atoms with Crippen molar-refractivity contribution in [2.75, 3.05) is 6.61 Å². The van der Waals surface area contributed by atoms with E-state index in [0.29, 0.717) is 5.69 Å². The molecule has 0 spiro atoms. The fourth-order valence-corrected chi connectivity index (χ4v) is 2.19. The molecule has 1 aromatic heterocycles. The Morgan fingerprint density at radius 1 is 1.53 bits per heavy atom. The van der Waals surface area contributed by atoms with Gasteiger partial charge in [-0.15, -0.1) is 0 Å². The van der Waals surface area contributed by atoms with Crippen LogP contribution in [0.15, 0.2) is 5.57 Å². The Kier molecular flexibility index (Phi) is 1.98. The highest BCUT2D eigenvalue weighted by Gasteiger charge is 2.37. The van der Waals surface area contributed by atoms with Crippen LogP contribution in [-0.4, -0.2) is 33.4 Å². The molecule has 0 aromatic carbocycles. The van der Waals surface area contributed by atoms with E-state index in [0.717, 1.165) is 24.1 Å². The van der Waals surface area contributed by atoms with E-state index in [1.54, 1.807) is 13.8 Å². The Morgan fingerprint density at radius 2 is 2.29 bits per heavy atom. The fraction of sp³-hybridized carbons (Fsp3) is 0.500. The molecule has 5 nitrogen and oxygen atoms in total. The van der Waals surface area contributed by atoms with Gasteiger partial charge in [0.05, 0.1) is 17.8 Å². The molecule has 2 aliphatic rings. The van der Waals surface area contributed by atoms with Gasteiger partial charge in [0.1, 0.15) is 5.69 Å². The second kappa shape index (κ2) is 3.20. The summed E-state index contributed by atoms with van der Waals surface area (Å²) in [6, 6.07) is 0. The van der Waals surface area contributed by atoms with E-state index in [1.807, 2.05) is 0 Å². The summed E-state index contributed by atoms with van der Waals surface area (Å²) in [7, 11) is 0. The molecular weight excluding hydrogens is 218 g/mol. The number of allylic oxidation sites excluding steroid dienone is 2. The highest BCUT2D eigenvalue weighted by molar-refractivity contribution is 5.98. The number of aliphatic hydroxyl groups is 1. The van der Waals surface area contributed by atoms with Gasteiger partial charge in [0.15, 0.2) is 0 Å². The number of fused-ring (bicyclic) bond motifs is 2. The van der Waals surface area contributed by atoms with E-state index in [4.69, 9.17) is 5.11 Å². The third kappa shape index (κ3) is 1.58. The van der Waals surface area contributed by atoms with E-state index in [2.05, 4.69) is 15.5 Å². The van der Waals surface area contributed by atoms with Crippen molar-refractivity contribution in [2.24, 2.45) is 0 Å². The summed E-state index contributed by atoms with van der Waals surface area (Å²) in [5, 5.41) is 18.9. The summed E-state index contributed by atoms with van der Waals surface area (Å²) in [5.41, 5.74) is 4.61. The number of aliphatic hydroxyl groups excluding tert-OH is 1. The number of rotatable bonds is 3. The van der Waals surface area contributed by atoms with Crippen molar-refractivity contribution < 1.29 is 9.90 Å². The molecule has 1 aromatic rings. The summed E-state index contributed by atoms with van der Waals surface area (Å²) >= 11 is 0. The molecule has 0 fully saturated rings. The number of carbonyl (C=O) groups excluding carboxylic acids is 1. The number of nitrogens with zero attached hydrogens (tertiary/aromatic N) is 1. The summed E-state index contributed by atoms with van der Waals surface area (Å²) in [6.45, 7) is 3.47. The molecule has 3 rings (SSSR count). The molecule has 0 radical (unpaired) electrons. The number of carbonyl (C=O) groups is 1. The molecule has 1 amide bonds. The second-order valence-corrected chi connectivity index (χ2v) is 5.36. The van der Waals surface area contributed by atoms with Gasteiger partial charge in [0.25, 0.3) is 5.91 Å². The van der Waals surface area contributed by atoms with Crippen LogP contribution in [0.25, 0.3) is 5.57 Å². The van der Waals surface area contributed by atoms with Crippen LogP contribution >= 0.6 is 0 Å². The Morgan fingerprint density at radius 3 is 3.00 bits per heavy atom. The van der Waals surface area contributed by atoms with Gasteiger partial charge in [-0.05, 0) is 32.3 Å². The number of nitrogens with one attached hydrogen (secondary N) is 2. The lowest BCUT2D eigenvalue weighted by molar-refractivity contribution is 0.0863. The first-order valence-corrected chi connectivity index (χ1v) is 5.74. The van der Waals surface area contributed by atoms with Crippen molar-refractivity contribution in [1.82, 2.24) is 15.5 Å². The Balaban J connectivity index is 1.82. The van der Waals surface area contributed by atoms with Gasteiger partial charge < -0.3 is 10.4 Å². The van der Waals surface area contributed by atoms with Crippen molar-refractivity contribution in [3.63, 3.8) is 0 Å². The van der Waals surface area contributed by atoms with Crippen LogP contribution in [0.5, 0.6) is 0 Å². The van der Waals surface area contributed by atoms with Crippen LogP contribution in [0.3, 0.4) is 0 Å². The van der Waals surface area contributed by atoms with Crippen molar-refractivity contribution in [1.29, 1.82) is 0 Å². The highest BCUT2D eigenvalue weighted by atomic mass is 16.3. The molecule has 0 aliphatic heterocycles. The van der Waals surface area contributed by atoms with E-state index in [1.165, 1.54) is 11.1 Å². The van der Waals surface area contributed by atoms with Crippen LogP contribution in [0.2, 0.25) is 0 Å². The molecule has 90 valence electrons. The first-order valence-electron chi connectivity index (χ1n) is 5.74. The number of hydrogen-bond donors (Lipinski definition) is 3. The normalized spacial score (nSPS) is 16.9. The highest BCUT2D eigenvalue weighted by Crippen LogP contribution is 2.49. The summed E-state index contributed by atoms with van der Waals surface area (Å²) < 4.78 is 0. The van der Waals surface area contributed by atoms with E-state index in [-0.39, 0.29) is 12.5 Å². The zero-order valence-electron chi connectivity index (χ0n) is 9.92. The SMILES string of the molecule is CC(C)(CO)NC(=O)c1[nH]nc2c1CC1=C2C1. The minimum atomic E-state index is -0.614. The smallest absolute Gasteiger partial charge is 0.270 e. The minimum absolute atomic E-state index is 0.0934. The van der Waals surface area contributed by atoms with Gasteiger partial charge >= 0.3 is 0 Å². The molecule has 2 aliphatic carbocycles. The Labute approximate surface area is 98.9 Å². The van der Waals surface area contributed by atoms with Gasteiger partial charge in [-0.2, -0.15) is 5.10 Å².